The summed E-state index contributed by atoms with van der Waals surface area (Å²) in [5, 5.41) is 0.791. The highest BCUT2D eigenvalue weighted by molar-refractivity contribution is 8.27. The number of amides is 1. The first kappa shape index (κ1) is 16.7. The zero-order valence-electron chi connectivity index (χ0n) is 12.5. The van der Waals surface area contributed by atoms with Gasteiger partial charge in [-0.05, 0) is 42.0 Å². The number of carbonyl (C=O) groups is 1. The number of thiocarbonyl (C=S) groups is 1. The molecule has 0 aliphatic carbocycles. The van der Waals surface area contributed by atoms with Crippen molar-refractivity contribution in [3.63, 3.8) is 0 Å². The summed E-state index contributed by atoms with van der Waals surface area (Å²) in [6.07, 6.45) is 1.78. The van der Waals surface area contributed by atoms with Gasteiger partial charge in [0.1, 0.15) is 0 Å². The number of carbonyl (C=O) groups excluding carboxylic acids is 1. The molecule has 8 heteroatoms. The van der Waals surface area contributed by atoms with Crippen molar-refractivity contribution in [1.82, 2.24) is 0 Å². The minimum atomic E-state index is -0.203. The van der Waals surface area contributed by atoms with Gasteiger partial charge >= 0.3 is 0 Å². The van der Waals surface area contributed by atoms with Crippen molar-refractivity contribution >= 4 is 69.2 Å². The minimum Gasteiger partial charge on any atom is -0.454 e. The van der Waals surface area contributed by atoms with E-state index in [0.29, 0.717) is 36.5 Å². The second kappa shape index (κ2) is 6.53. The highest BCUT2D eigenvalue weighted by Gasteiger charge is 2.33. The van der Waals surface area contributed by atoms with Crippen LogP contribution in [0.1, 0.15) is 5.56 Å². The number of hydrogen-bond donors (Lipinski definition) is 0. The Morgan fingerprint density at radius 2 is 1.88 bits per heavy atom. The van der Waals surface area contributed by atoms with Gasteiger partial charge in [0, 0.05) is 0 Å². The Kier molecular flexibility index (Phi) is 4.37. The molecule has 25 heavy (non-hydrogen) atoms. The van der Waals surface area contributed by atoms with Crippen molar-refractivity contribution in [2.45, 2.75) is 0 Å². The lowest BCUT2D eigenvalue weighted by Crippen LogP contribution is -2.27. The third-order valence-electron chi connectivity index (χ3n) is 3.65. The molecule has 0 saturated carbocycles. The van der Waals surface area contributed by atoms with Crippen molar-refractivity contribution in [3.8, 4) is 11.5 Å². The van der Waals surface area contributed by atoms with Crippen molar-refractivity contribution in [3.05, 3.63) is 56.9 Å². The Bertz CT molecular complexity index is 945. The fourth-order valence-corrected chi connectivity index (χ4v) is 4.06. The van der Waals surface area contributed by atoms with E-state index in [4.69, 9.17) is 44.9 Å². The predicted octanol–water partition coefficient (Wildman–Crippen LogP) is 5.13. The molecule has 1 fully saturated rings. The van der Waals surface area contributed by atoms with Gasteiger partial charge < -0.3 is 9.47 Å². The van der Waals surface area contributed by atoms with Gasteiger partial charge in [0.25, 0.3) is 5.91 Å². The number of nitrogens with zero attached hydrogens (tertiary/aromatic N) is 1. The largest absolute Gasteiger partial charge is 0.454 e. The number of ether oxygens (including phenoxy) is 2. The zero-order chi connectivity index (χ0) is 17.6. The predicted molar refractivity (Wildman–Crippen MR) is 105 cm³/mol. The molecule has 1 amide bonds. The number of hydrogen-bond acceptors (Lipinski definition) is 5. The molecule has 1 saturated heterocycles. The molecule has 2 heterocycles. The van der Waals surface area contributed by atoms with Crippen LogP contribution in [0.5, 0.6) is 11.5 Å². The second-order valence-electron chi connectivity index (χ2n) is 5.23. The third-order valence-corrected chi connectivity index (χ3v) is 5.69. The standard InChI is InChI=1S/C17H9Cl2NO3S2/c18-11-3-2-10(7-12(11)19)20-16(21)15(25-17(20)24)6-9-1-4-13-14(5-9)23-8-22-13/h1-7H,8H2/b15-6+. The maximum atomic E-state index is 12.8. The molecular weight excluding hydrogens is 401 g/mol. The van der Waals surface area contributed by atoms with E-state index in [-0.39, 0.29) is 12.7 Å². The summed E-state index contributed by atoms with van der Waals surface area (Å²) in [6, 6.07) is 10.5. The minimum absolute atomic E-state index is 0.203. The summed E-state index contributed by atoms with van der Waals surface area (Å²) in [6.45, 7) is 0.207. The third kappa shape index (κ3) is 3.11. The molecule has 4 rings (SSSR count). The van der Waals surface area contributed by atoms with E-state index in [9.17, 15) is 4.79 Å². The number of rotatable bonds is 2. The normalized spacial score (nSPS) is 17.7. The Morgan fingerprint density at radius 1 is 1.08 bits per heavy atom. The monoisotopic (exact) mass is 409 g/mol. The van der Waals surface area contributed by atoms with Gasteiger partial charge in [-0.1, -0.05) is 53.2 Å². The van der Waals surface area contributed by atoms with Crippen molar-refractivity contribution in [2.24, 2.45) is 0 Å². The fraction of sp³-hybridized carbons (Fsp3) is 0.0588. The number of halogens is 2. The van der Waals surface area contributed by atoms with Crippen LogP contribution in [0, 0.1) is 0 Å². The molecule has 0 N–H and O–H groups in total. The Hall–Kier alpha value is -1.73. The van der Waals surface area contributed by atoms with Gasteiger partial charge in [-0.3, -0.25) is 9.69 Å². The van der Waals surface area contributed by atoms with Gasteiger partial charge in [-0.2, -0.15) is 0 Å². The second-order valence-corrected chi connectivity index (χ2v) is 7.72. The first-order valence-corrected chi connectivity index (χ1v) is 9.13. The van der Waals surface area contributed by atoms with Gasteiger partial charge in [0.2, 0.25) is 6.79 Å². The molecule has 0 aromatic heterocycles. The van der Waals surface area contributed by atoms with Crippen LogP contribution >= 0.6 is 47.2 Å². The SMILES string of the molecule is O=C1/C(=C\c2ccc3c(c2)OCO3)SC(=S)N1c1ccc(Cl)c(Cl)c1. The van der Waals surface area contributed by atoms with Crippen LogP contribution in [0.15, 0.2) is 41.3 Å². The van der Waals surface area contributed by atoms with E-state index in [1.54, 1.807) is 24.3 Å². The summed E-state index contributed by atoms with van der Waals surface area (Å²) in [4.78, 5) is 14.7. The molecule has 2 aliphatic rings. The average Bonchev–Trinajstić information content (AvgIpc) is 3.15. The van der Waals surface area contributed by atoms with E-state index >= 15 is 0 Å². The topological polar surface area (TPSA) is 38.8 Å². The van der Waals surface area contributed by atoms with Crippen LogP contribution in [0.25, 0.3) is 6.08 Å². The molecule has 126 valence electrons. The highest BCUT2D eigenvalue weighted by atomic mass is 35.5. The van der Waals surface area contributed by atoms with E-state index < -0.39 is 0 Å². The fourth-order valence-electron chi connectivity index (χ4n) is 2.47. The number of thioether (sulfide) groups is 1. The molecule has 0 radical (unpaired) electrons. The molecule has 2 aromatic carbocycles. The van der Waals surface area contributed by atoms with E-state index in [2.05, 4.69) is 0 Å². The highest BCUT2D eigenvalue weighted by Crippen LogP contribution is 2.39. The van der Waals surface area contributed by atoms with Crippen LogP contribution in [0.2, 0.25) is 10.0 Å². The van der Waals surface area contributed by atoms with Crippen LogP contribution < -0.4 is 14.4 Å². The molecule has 2 aliphatic heterocycles. The maximum Gasteiger partial charge on any atom is 0.270 e. The lowest BCUT2D eigenvalue weighted by molar-refractivity contribution is -0.113. The lowest BCUT2D eigenvalue weighted by atomic mass is 10.2. The summed E-state index contributed by atoms with van der Waals surface area (Å²) >= 11 is 18.6. The zero-order valence-corrected chi connectivity index (χ0v) is 15.6. The quantitative estimate of drug-likeness (QED) is 0.507. The van der Waals surface area contributed by atoms with E-state index in [1.807, 2.05) is 18.2 Å². The number of anilines is 1. The lowest BCUT2D eigenvalue weighted by Gasteiger charge is -2.15. The molecule has 0 unspecified atom stereocenters. The Morgan fingerprint density at radius 3 is 2.68 bits per heavy atom. The molecular formula is C17H9Cl2NO3S2. The van der Waals surface area contributed by atoms with E-state index in [1.165, 1.54) is 16.7 Å². The van der Waals surface area contributed by atoms with Crippen molar-refractivity contribution in [1.29, 1.82) is 0 Å². The smallest absolute Gasteiger partial charge is 0.270 e. The first-order chi connectivity index (χ1) is 12.0. The molecule has 0 spiro atoms. The average molecular weight is 410 g/mol. The maximum absolute atomic E-state index is 12.8. The molecule has 2 aromatic rings. The molecule has 4 nitrogen and oxygen atoms in total. The summed E-state index contributed by atoms with van der Waals surface area (Å²) in [5.41, 5.74) is 1.42. The first-order valence-electron chi connectivity index (χ1n) is 7.15. The Labute approximate surface area is 163 Å². The Balaban J connectivity index is 1.65. The van der Waals surface area contributed by atoms with Gasteiger partial charge in [-0.15, -0.1) is 0 Å². The van der Waals surface area contributed by atoms with Gasteiger partial charge in [0.05, 0.1) is 20.6 Å². The summed E-state index contributed by atoms with van der Waals surface area (Å²) < 4.78 is 11.1. The van der Waals surface area contributed by atoms with Crippen LogP contribution in [-0.2, 0) is 4.79 Å². The van der Waals surface area contributed by atoms with Gasteiger partial charge in [0.15, 0.2) is 15.8 Å². The van der Waals surface area contributed by atoms with E-state index in [0.717, 1.165) is 5.56 Å². The summed E-state index contributed by atoms with van der Waals surface area (Å²) in [7, 11) is 0. The van der Waals surface area contributed by atoms with Crippen LogP contribution in [0.3, 0.4) is 0 Å². The van der Waals surface area contributed by atoms with Crippen molar-refractivity contribution in [2.75, 3.05) is 11.7 Å². The van der Waals surface area contributed by atoms with Crippen LogP contribution in [-0.4, -0.2) is 17.0 Å². The van der Waals surface area contributed by atoms with Gasteiger partial charge in [-0.25, -0.2) is 0 Å². The number of benzene rings is 2. The summed E-state index contributed by atoms with van der Waals surface area (Å²) in [5.74, 6) is 1.15. The molecule has 0 bridgehead atoms. The van der Waals surface area contributed by atoms with Crippen molar-refractivity contribution < 1.29 is 14.3 Å². The van der Waals surface area contributed by atoms with Crippen LogP contribution in [0.4, 0.5) is 5.69 Å². The molecule has 0 atom stereocenters. The number of fused-ring (bicyclic) bond motifs is 1.